The summed E-state index contributed by atoms with van der Waals surface area (Å²) in [5, 5.41) is 8.70. The van der Waals surface area contributed by atoms with Gasteiger partial charge in [-0.2, -0.15) is 0 Å². The first-order valence-corrected chi connectivity index (χ1v) is 9.47. The van der Waals surface area contributed by atoms with Gasteiger partial charge in [-0.1, -0.05) is 46.6 Å². The maximum absolute atomic E-state index is 12.3. The van der Waals surface area contributed by atoms with Gasteiger partial charge in [-0.15, -0.1) is 5.10 Å². The zero-order valence-corrected chi connectivity index (χ0v) is 16.5. The second kappa shape index (κ2) is 8.31. The van der Waals surface area contributed by atoms with Crippen LogP contribution in [0.2, 0.25) is 15.1 Å². The SMILES string of the molecule is COc1ccc(Cl)cc1-c1nc(SCC(=O)c2ccc(Cl)c(Cl)c2)n[nH]1. The molecule has 0 fully saturated rings. The van der Waals surface area contributed by atoms with Crippen LogP contribution in [0.15, 0.2) is 41.6 Å². The highest BCUT2D eigenvalue weighted by atomic mass is 35.5. The highest BCUT2D eigenvalue weighted by Gasteiger charge is 2.14. The fraction of sp³-hybridized carbons (Fsp3) is 0.118. The second-order valence-electron chi connectivity index (χ2n) is 5.15. The third kappa shape index (κ3) is 4.32. The van der Waals surface area contributed by atoms with Gasteiger partial charge in [0.1, 0.15) is 5.75 Å². The Labute approximate surface area is 169 Å². The van der Waals surface area contributed by atoms with Crippen molar-refractivity contribution in [2.24, 2.45) is 0 Å². The minimum absolute atomic E-state index is 0.0970. The Morgan fingerprint density at radius 3 is 2.69 bits per heavy atom. The summed E-state index contributed by atoms with van der Waals surface area (Å²) in [6.07, 6.45) is 0. The van der Waals surface area contributed by atoms with E-state index in [9.17, 15) is 4.79 Å². The summed E-state index contributed by atoms with van der Waals surface area (Å²) in [7, 11) is 1.56. The van der Waals surface area contributed by atoms with Gasteiger partial charge in [0.2, 0.25) is 5.16 Å². The molecule has 0 aliphatic carbocycles. The third-order valence-electron chi connectivity index (χ3n) is 3.46. The molecule has 1 N–H and O–H groups in total. The summed E-state index contributed by atoms with van der Waals surface area (Å²) in [6.45, 7) is 0. The molecule has 0 saturated heterocycles. The smallest absolute Gasteiger partial charge is 0.209 e. The van der Waals surface area contributed by atoms with Crippen LogP contribution in [0, 0.1) is 0 Å². The summed E-state index contributed by atoms with van der Waals surface area (Å²) in [6, 6.07) is 9.99. The molecule has 0 saturated carbocycles. The summed E-state index contributed by atoms with van der Waals surface area (Å²) in [4.78, 5) is 16.7. The molecule has 1 heterocycles. The lowest BCUT2D eigenvalue weighted by atomic mass is 10.1. The quantitative estimate of drug-likeness (QED) is 0.419. The van der Waals surface area contributed by atoms with Crippen molar-refractivity contribution < 1.29 is 9.53 Å². The van der Waals surface area contributed by atoms with Gasteiger partial charge < -0.3 is 4.74 Å². The molecule has 9 heteroatoms. The highest BCUT2D eigenvalue weighted by molar-refractivity contribution is 7.99. The molecule has 1 aromatic heterocycles. The summed E-state index contributed by atoms with van der Waals surface area (Å²) >= 11 is 19.1. The number of H-pyrrole nitrogens is 1. The first-order chi connectivity index (χ1) is 12.5. The Hall–Kier alpha value is -1.73. The number of nitrogens with zero attached hydrogens (tertiary/aromatic N) is 2. The lowest BCUT2D eigenvalue weighted by Gasteiger charge is -2.05. The Bertz CT molecular complexity index is 962. The number of methoxy groups -OCH3 is 1. The van der Waals surface area contributed by atoms with E-state index >= 15 is 0 Å². The van der Waals surface area contributed by atoms with Crippen LogP contribution in [0.25, 0.3) is 11.4 Å². The van der Waals surface area contributed by atoms with E-state index in [2.05, 4.69) is 15.2 Å². The van der Waals surface area contributed by atoms with Crippen LogP contribution >= 0.6 is 46.6 Å². The fourth-order valence-corrected chi connectivity index (χ4v) is 3.34. The summed E-state index contributed by atoms with van der Waals surface area (Å²) in [5.74, 6) is 1.20. The molecule has 134 valence electrons. The molecule has 0 aliphatic rings. The van der Waals surface area contributed by atoms with Crippen molar-refractivity contribution in [3.8, 4) is 17.1 Å². The first kappa shape index (κ1) is 19.0. The molecule has 0 bridgehead atoms. The van der Waals surface area contributed by atoms with Gasteiger partial charge in [-0.05, 0) is 36.4 Å². The fourth-order valence-electron chi connectivity index (χ4n) is 2.18. The number of hydrogen-bond donors (Lipinski definition) is 1. The summed E-state index contributed by atoms with van der Waals surface area (Å²) < 4.78 is 5.31. The van der Waals surface area contributed by atoms with Crippen molar-refractivity contribution in [1.82, 2.24) is 15.2 Å². The van der Waals surface area contributed by atoms with Crippen LogP contribution < -0.4 is 4.74 Å². The third-order valence-corrected chi connectivity index (χ3v) is 5.28. The number of thioether (sulfide) groups is 1. The first-order valence-electron chi connectivity index (χ1n) is 7.35. The number of halogens is 3. The number of rotatable bonds is 6. The topological polar surface area (TPSA) is 67.9 Å². The number of carbonyl (C=O) groups excluding carboxylic acids is 1. The number of carbonyl (C=O) groups is 1. The largest absolute Gasteiger partial charge is 0.496 e. The standard InChI is InChI=1S/C17H12Cl3N3O2S/c1-25-15-5-3-10(18)7-11(15)16-21-17(23-22-16)26-8-14(24)9-2-4-12(19)13(20)6-9/h2-7H,8H2,1H3,(H,21,22,23). The number of ether oxygens (including phenoxy) is 1. The predicted octanol–water partition coefficient (Wildman–Crippen LogP) is 5.42. The monoisotopic (exact) mass is 427 g/mol. The molecule has 0 atom stereocenters. The van der Waals surface area contributed by atoms with Crippen LogP contribution in [0.4, 0.5) is 0 Å². The zero-order chi connectivity index (χ0) is 18.7. The maximum atomic E-state index is 12.3. The van der Waals surface area contributed by atoms with Crippen molar-refractivity contribution >= 4 is 52.3 Å². The average Bonchev–Trinajstić information content (AvgIpc) is 3.11. The van der Waals surface area contributed by atoms with E-state index in [1.165, 1.54) is 11.8 Å². The van der Waals surface area contributed by atoms with Crippen molar-refractivity contribution in [3.63, 3.8) is 0 Å². The van der Waals surface area contributed by atoms with Gasteiger partial charge in [0.15, 0.2) is 11.6 Å². The molecule has 0 aliphatic heterocycles. The normalized spacial score (nSPS) is 10.8. The number of benzene rings is 2. The molecule has 2 aromatic carbocycles. The van der Waals surface area contributed by atoms with E-state index in [4.69, 9.17) is 39.5 Å². The van der Waals surface area contributed by atoms with Gasteiger partial charge in [-0.25, -0.2) is 4.98 Å². The van der Waals surface area contributed by atoms with Gasteiger partial charge in [0.25, 0.3) is 0 Å². The lowest BCUT2D eigenvalue weighted by Crippen LogP contribution is -2.02. The number of hydrogen-bond acceptors (Lipinski definition) is 5. The number of aromatic amines is 1. The molecular formula is C17H12Cl3N3O2S. The molecular weight excluding hydrogens is 417 g/mol. The lowest BCUT2D eigenvalue weighted by molar-refractivity contribution is 0.102. The molecule has 3 aromatic rings. The Kier molecular flexibility index (Phi) is 6.09. The average molecular weight is 429 g/mol. The molecule has 5 nitrogen and oxygen atoms in total. The second-order valence-corrected chi connectivity index (χ2v) is 7.35. The number of ketones is 1. The minimum Gasteiger partial charge on any atom is -0.496 e. The maximum Gasteiger partial charge on any atom is 0.209 e. The summed E-state index contributed by atoms with van der Waals surface area (Å²) in [5.41, 5.74) is 1.18. The van der Waals surface area contributed by atoms with Crippen molar-refractivity contribution in [3.05, 3.63) is 57.0 Å². The van der Waals surface area contributed by atoms with Crippen molar-refractivity contribution in [2.75, 3.05) is 12.9 Å². The van der Waals surface area contributed by atoms with Gasteiger partial charge >= 0.3 is 0 Å². The Morgan fingerprint density at radius 1 is 1.15 bits per heavy atom. The Morgan fingerprint density at radius 2 is 1.96 bits per heavy atom. The van der Waals surface area contributed by atoms with E-state index in [1.807, 2.05) is 0 Å². The van der Waals surface area contributed by atoms with Crippen LogP contribution in [-0.2, 0) is 0 Å². The molecule has 0 spiro atoms. The van der Waals surface area contributed by atoms with Crippen LogP contribution in [-0.4, -0.2) is 33.8 Å². The van der Waals surface area contributed by atoms with Crippen LogP contribution in [0.5, 0.6) is 5.75 Å². The van der Waals surface area contributed by atoms with E-state index in [0.29, 0.717) is 42.9 Å². The van der Waals surface area contributed by atoms with Gasteiger partial charge in [0, 0.05) is 10.6 Å². The van der Waals surface area contributed by atoms with E-state index in [-0.39, 0.29) is 11.5 Å². The van der Waals surface area contributed by atoms with Crippen LogP contribution in [0.1, 0.15) is 10.4 Å². The number of Topliss-reactive ketones (excluding diaryl/α,β-unsaturated/α-hetero) is 1. The van der Waals surface area contributed by atoms with Crippen molar-refractivity contribution in [1.29, 1.82) is 0 Å². The Balaban J connectivity index is 1.72. The minimum atomic E-state index is -0.0970. The molecule has 26 heavy (non-hydrogen) atoms. The van der Waals surface area contributed by atoms with E-state index in [0.717, 1.165) is 0 Å². The number of aromatic nitrogens is 3. The van der Waals surface area contributed by atoms with Gasteiger partial charge in [-0.3, -0.25) is 9.89 Å². The molecule has 0 unspecified atom stereocenters. The number of nitrogens with one attached hydrogen (secondary N) is 1. The van der Waals surface area contributed by atoms with E-state index < -0.39 is 0 Å². The highest BCUT2D eigenvalue weighted by Crippen LogP contribution is 2.31. The van der Waals surface area contributed by atoms with Gasteiger partial charge in [0.05, 0.1) is 28.5 Å². The molecule has 3 rings (SSSR count). The van der Waals surface area contributed by atoms with Crippen molar-refractivity contribution in [2.45, 2.75) is 5.16 Å². The van der Waals surface area contributed by atoms with Crippen LogP contribution in [0.3, 0.4) is 0 Å². The zero-order valence-electron chi connectivity index (χ0n) is 13.4. The molecule has 0 amide bonds. The van der Waals surface area contributed by atoms with E-state index in [1.54, 1.807) is 43.5 Å². The molecule has 0 radical (unpaired) electrons. The predicted molar refractivity (Wildman–Crippen MR) is 105 cm³/mol.